The van der Waals surface area contributed by atoms with Crippen molar-refractivity contribution in [1.29, 1.82) is 0 Å². The number of rotatable bonds is 11. The van der Waals surface area contributed by atoms with Gasteiger partial charge in [0.05, 0.1) is 35.9 Å². The van der Waals surface area contributed by atoms with Gasteiger partial charge in [-0.05, 0) is 25.5 Å². The van der Waals surface area contributed by atoms with Gasteiger partial charge in [-0.1, -0.05) is 0 Å². The Labute approximate surface area is 272 Å². The van der Waals surface area contributed by atoms with Crippen molar-refractivity contribution >= 4 is 28.6 Å². The average molecular weight is 625 g/mol. The average Bonchev–Trinajstić information content (AvgIpc) is 3.45. The van der Waals surface area contributed by atoms with E-state index in [1.807, 2.05) is 0 Å². The van der Waals surface area contributed by atoms with E-state index in [9.17, 15) is 45.0 Å². The zero-order chi connectivity index (χ0) is 31.4. The second-order valence-electron chi connectivity index (χ2n) is 10.4. The van der Waals surface area contributed by atoms with Gasteiger partial charge in [0.25, 0.3) is 0 Å². The number of carboxylic acids is 1. The number of nitrogens with one attached hydrogen (secondary N) is 2. The molecule has 4 rings (SSSR count). The molecule has 0 aliphatic carbocycles. The molecule has 1 amide bonds. The first-order valence-corrected chi connectivity index (χ1v) is 13.5. The van der Waals surface area contributed by atoms with Crippen LogP contribution in [0.2, 0.25) is 0 Å². The number of imidazole rings is 1. The third-order valence-electron chi connectivity index (χ3n) is 7.19. The van der Waals surface area contributed by atoms with E-state index in [1.165, 1.54) is 24.7 Å². The molecule has 6 atom stereocenters. The van der Waals surface area contributed by atoms with Crippen LogP contribution in [0.3, 0.4) is 0 Å². The van der Waals surface area contributed by atoms with Crippen LogP contribution in [0, 0.1) is 6.92 Å². The molecule has 1 fully saturated rings. The maximum Gasteiger partial charge on any atom is 1.00 e. The van der Waals surface area contributed by atoms with E-state index >= 15 is 0 Å². The summed E-state index contributed by atoms with van der Waals surface area (Å²) in [4.78, 5) is 47.7. The van der Waals surface area contributed by atoms with E-state index in [1.54, 1.807) is 13.8 Å². The molecule has 3 heterocycles. The molecule has 3 aromatic rings. The van der Waals surface area contributed by atoms with Crippen molar-refractivity contribution in [3.8, 4) is 5.75 Å². The number of aromatic hydroxyl groups is 1. The number of carbonyl (C=O) groups excluding carboxylic acids is 2. The summed E-state index contributed by atoms with van der Waals surface area (Å²) in [6.45, 7) is 2.53. The van der Waals surface area contributed by atoms with Crippen molar-refractivity contribution in [2.75, 3.05) is 13.2 Å². The number of aryl methyl sites for hydroxylation is 1. The van der Waals surface area contributed by atoms with Crippen LogP contribution in [0.5, 0.6) is 5.75 Å². The molecule has 1 aromatic carbocycles. The summed E-state index contributed by atoms with van der Waals surface area (Å²) in [6.07, 6.45) is -5.09. The van der Waals surface area contributed by atoms with Gasteiger partial charge in [0.15, 0.2) is 5.43 Å². The summed E-state index contributed by atoms with van der Waals surface area (Å²) in [7, 11) is 0. The maximum atomic E-state index is 13.1. The van der Waals surface area contributed by atoms with Gasteiger partial charge in [0.2, 0.25) is 5.91 Å². The number of amides is 1. The number of nitrogens with zero attached hydrogens (tertiary/aromatic N) is 2. The summed E-state index contributed by atoms with van der Waals surface area (Å²) in [5.74, 6) is -2.26. The van der Waals surface area contributed by atoms with E-state index in [4.69, 9.17) is 9.15 Å². The second kappa shape index (κ2) is 15.2. The molecule has 0 radical (unpaired) electrons. The second-order valence-corrected chi connectivity index (χ2v) is 10.4. The van der Waals surface area contributed by atoms with Gasteiger partial charge < -0.3 is 54.9 Å². The number of aromatic amines is 1. The number of aromatic nitrogens is 2. The number of carbonyl (C=O) groups is 2. The van der Waals surface area contributed by atoms with Gasteiger partial charge in [-0.3, -0.25) is 14.6 Å². The number of hydrogen-bond donors (Lipinski definition) is 7. The fourth-order valence-electron chi connectivity index (χ4n) is 5.01. The first-order chi connectivity index (χ1) is 20.4. The number of aliphatic carboxylic acids is 1. The minimum atomic E-state index is -1.73. The largest absolute Gasteiger partial charge is 1.00 e. The minimum absolute atomic E-state index is 0. The first-order valence-electron chi connectivity index (χ1n) is 13.5. The van der Waals surface area contributed by atoms with Gasteiger partial charge >= 0.3 is 29.6 Å². The number of aliphatic hydroxyl groups excluding tert-OH is 4. The van der Waals surface area contributed by atoms with Crippen molar-refractivity contribution in [1.82, 2.24) is 15.3 Å². The third-order valence-corrected chi connectivity index (χ3v) is 7.19. The van der Waals surface area contributed by atoms with Crippen molar-refractivity contribution in [3.63, 3.8) is 0 Å². The van der Waals surface area contributed by atoms with Gasteiger partial charge in [0.1, 0.15) is 47.6 Å². The number of carboxylic acid groups (broad SMARTS) is 1. The fraction of sp³-hybridized carbons (Fsp3) is 0.464. The monoisotopic (exact) mass is 624 g/mol. The van der Waals surface area contributed by atoms with Crippen molar-refractivity contribution in [2.24, 2.45) is 4.99 Å². The molecule has 232 valence electrons. The Hall–Kier alpha value is -3.15. The molecule has 7 N–H and O–H groups in total. The van der Waals surface area contributed by atoms with Crippen molar-refractivity contribution < 1.29 is 78.9 Å². The van der Waals surface area contributed by atoms with E-state index in [0.29, 0.717) is 17.0 Å². The summed E-state index contributed by atoms with van der Waals surface area (Å²) >= 11 is 0. The molecule has 15 nitrogen and oxygen atoms in total. The van der Waals surface area contributed by atoms with E-state index in [0.717, 1.165) is 0 Å². The Morgan fingerprint density at radius 3 is 2.57 bits per heavy atom. The molecule has 0 spiro atoms. The number of fused-ring (bicyclic) bond motifs is 1. The number of phenolic OH excluding ortho intramolecular Hbond substituents is 1. The number of aliphatic imine (C=N–C) groups is 1. The normalized spacial score (nSPS) is 22.8. The Kier molecular flexibility index (Phi) is 12.2. The molecular weight excluding hydrogens is 591 g/mol. The number of aliphatic hydroxyl groups is 4. The van der Waals surface area contributed by atoms with Crippen molar-refractivity contribution in [2.45, 2.75) is 69.7 Å². The number of phenols is 1. The van der Waals surface area contributed by atoms with Crippen LogP contribution in [-0.4, -0.2) is 96.7 Å². The van der Waals surface area contributed by atoms with E-state index in [2.05, 4.69) is 20.3 Å². The van der Waals surface area contributed by atoms with Crippen LogP contribution in [0.25, 0.3) is 11.0 Å². The van der Waals surface area contributed by atoms with Gasteiger partial charge in [-0.2, -0.15) is 0 Å². The van der Waals surface area contributed by atoms with Crippen LogP contribution in [0.15, 0.2) is 38.9 Å². The molecule has 1 aliphatic heterocycles. The molecular formula is C28H33N4NaO11. The van der Waals surface area contributed by atoms with Crippen LogP contribution < -0.4 is 45.4 Å². The van der Waals surface area contributed by atoms with E-state index in [-0.39, 0.29) is 77.7 Å². The van der Waals surface area contributed by atoms with Crippen LogP contribution >= 0.6 is 0 Å². The van der Waals surface area contributed by atoms with E-state index < -0.39 is 66.2 Å². The van der Waals surface area contributed by atoms with Gasteiger partial charge in [0, 0.05) is 49.5 Å². The van der Waals surface area contributed by atoms with Crippen LogP contribution in [-0.2, 0) is 27.2 Å². The number of H-pyrrole nitrogens is 1. The van der Waals surface area contributed by atoms with Gasteiger partial charge in [-0.25, -0.2) is 4.98 Å². The summed E-state index contributed by atoms with van der Waals surface area (Å²) in [5, 5.41) is 65.4. The number of hydrogen-bond acceptors (Lipinski definition) is 13. The zero-order valence-corrected chi connectivity index (χ0v) is 26.4. The SMILES string of the molecule is CC(Cc1cc(=O)c2c(C)cc(O)c(C3OC(CO)C(O)C(O)C3O)c2o1)=NCCC(=O)NC(Cc1cnc[nH]1)C(=O)[O-].[Na+]. The number of ether oxygens (including phenoxy) is 1. The molecule has 0 bridgehead atoms. The molecule has 1 saturated heterocycles. The van der Waals surface area contributed by atoms with Gasteiger partial charge in [-0.15, -0.1) is 0 Å². The molecule has 1 aliphatic rings. The fourth-order valence-corrected chi connectivity index (χ4v) is 5.01. The quantitative estimate of drug-likeness (QED) is 0.0782. The third kappa shape index (κ3) is 7.92. The predicted octanol–water partition coefficient (Wildman–Crippen LogP) is -5.08. The summed E-state index contributed by atoms with van der Waals surface area (Å²) in [5.41, 5.74) is 0.647. The smallest absolute Gasteiger partial charge is 0.548 e. The predicted molar refractivity (Wildman–Crippen MR) is 147 cm³/mol. The standard InChI is InChI=1S/C28H34N4O11.Na/c1-12-5-17(34)22(27-25(39)24(38)23(37)19(10-33)43-27)26-21(12)18(35)8-15(42-26)6-13(2)30-4-3-20(36)32-16(28(40)41)7-14-9-29-11-31-14;/h5,8-9,11,16,19,23-25,27,33-34,37-39H,3-4,6-7,10H2,1-2H3,(H,29,31)(H,32,36)(H,40,41);/q;+1/p-1. The number of benzene rings is 1. The summed E-state index contributed by atoms with van der Waals surface area (Å²) < 4.78 is 11.6. The maximum absolute atomic E-state index is 13.1. The van der Waals surface area contributed by atoms with Crippen LogP contribution in [0.1, 0.15) is 42.0 Å². The molecule has 0 saturated carbocycles. The Morgan fingerprint density at radius 1 is 1.20 bits per heavy atom. The zero-order valence-electron chi connectivity index (χ0n) is 24.4. The van der Waals surface area contributed by atoms with Crippen LogP contribution in [0.4, 0.5) is 0 Å². The first kappa shape index (κ1) is 35.3. The Balaban J connectivity index is 0.00000529. The topological polar surface area (TPSA) is 251 Å². The van der Waals surface area contributed by atoms with Crippen molar-refractivity contribution in [3.05, 3.63) is 57.5 Å². The minimum Gasteiger partial charge on any atom is -0.548 e. The molecule has 6 unspecified atom stereocenters. The molecule has 16 heteroatoms. The Bertz CT molecular complexity index is 1560. The Morgan fingerprint density at radius 2 is 1.93 bits per heavy atom. The summed E-state index contributed by atoms with van der Waals surface area (Å²) in [6, 6.07) is 1.27. The molecule has 44 heavy (non-hydrogen) atoms. The molecule has 2 aromatic heterocycles.